The van der Waals surface area contributed by atoms with Crippen LogP contribution in [-0.4, -0.2) is 67.6 Å². The Kier molecular flexibility index (Phi) is 10.3. The van der Waals surface area contributed by atoms with Crippen LogP contribution >= 0.6 is 23.2 Å². The molecule has 1 aliphatic heterocycles. The molecule has 0 radical (unpaired) electrons. The molecule has 1 aromatic carbocycles. The fourth-order valence-corrected chi connectivity index (χ4v) is 4.64. The van der Waals surface area contributed by atoms with Crippen molar-refractivity contribution in [3.8, 4) is 5.75 Å². The molecule has 0 bridgehead atoms. The molecule has 4 N–H and O–H groups in total. The molecule has 2 rings (SSSR count). The van der Waals surface area contributed by atoms with E-state index in [9.17, 15) is 26.7 Å². The van der Waals surface area contributed by atoms with Crippen molar-refractivity contribution in [2.45, 2.75) is 25.1 Å². The van der Waals surface area contributed by atoms with E-state index in [0.717, 1.165) is 0 Å². The summed E-state index contributed by atoms with van der Waals surface area (Å²) in [5.41, 5.74) is 6.81. The number of carboxylic acids is 1. The van der Waals surface area contributed by atoms with Gasteiger partial charge in [-0.05, 0) is 24.8 Å². The lowest BCUT2D eigenvalue weighted by molar-refractivity contribution is -0.192. The van der Waals surface area contributed by atoms with E-state index >= 15 is 0 Å². The summed E-state index contributed by atoms with van der Waals surface area (Å²) >= 11 is 11.9. The van der Waals surface area contributed by atoms with Gasteiger partial charge in [0.05, 0.1) is 22.4 Å². The maximum atomic E-state index is 12.2. The Morgan fingerprint density at radius 3 is 2.23 bits per heavy atom. The number of nitrogens with zero attached hydrogens (tertiary/aromatic N) is 1. The van der Waals surface area contributed by atoms with Gasteiger partial charge in [-0.2, -0.15) is 13.2 Å². The second kappa shape index (κ2) is 11.5. The van der Waals surface area contributed by atoms with Crippen LogP contribution in [0.4, 0.5) is 13.2 Å². The number of nitrogens with two attached hydrogens (primary N) is 1. The van der Waals surface area contributed by atoms with E-state index in [0.29, 0.717) is 36.5 Å². The van der Waals surface area contributed by atoms with Crippen molar-refractivity contribution < 1.29 is 41.3 Å². The zero-order chi connectivity index (χ0) is 24.0. The van der Waals surface area contributed by atoms with Crippen LogP contribution in [0.25, 0.3) is 0 Å². The third kappa shape index (κ3) is 8.28. The predicted octanol–water partition coefficient (Wildman–Crippen LogP) is 3.02. The predicted molar refractivity (Wildman–Crippen MR) is 109 cm³/mol. The molecule has 1 heterocycles. The number of carboxylic acid groups (broad SMARTS) is 1. The molecule has 8 nitrogen and oxygen atoms in total. The van der Waals surface area contributed by atoms with Crippen LogP contribution in [-0.2, 0) is 19.6 Å². The third-order valence-corrected chi connectivity index (χ3v) is 7.17. The minimum atomic E-state index is -5.08. The van der Waals surface area contributed by atoms with Crippen LogP contribution in [0.15, 0.2) is 12.1 Å². The molecule has 31 heavy (non-hydrogen) atoms. The number of alkyl halides is 3. The van der Waals surface area contributed by atoms with E-state index in [1.54, 1.807) is 6.07 Å². The summed E-state index contributed by atoms with van der Waals surface area (Å²) in [6, 6.07) is 2.53. The molecule has 0 spiro atoms. The highest BCUT2D eigenvalue weighted by molar-refractivity contribution is 7.89. The lowest BCUT2D eigenvalue weighted by atomic mass is 9.86. The molecule has 1 aliphatic rings. The number of piperidine rings is 1. The van der Waals surface area contributed by atoms with Crippen molar-refractivity contribution in [3.63, 3.8) is 0 Å². The lowest BCUT2D eigenvalue weighted by Crippen LogP contribution is -2.42. The summed E-state index contributed by atoms with van der Waals surface area (Å²) in [4.78, 5) is 8.90. The molecular weight excluding hydrogens is 488 g/mol. The minimum absolute atomic E-state index is 0.00652. The molecule has 0 saturated carbocycles. The normalized spacial score (nSPS) is 17.0. The first-order valence-electron chi connectivity index (χ1n) is 8.91. The van der Waals surface area contributed by atoms with Gasteiger partial charge in [0, 0.05) is 37.9 Å². The number of phenolic OH excluding ortho intramolecular Hbond substituents is 1. The van der Waals surface area contributed by atoms with Crippen molar-refractivity contribution >= 4 is 39.2 Å². The van der Waals surface area contributed by atoms with Crippen molar-refractivity contribution in [2.75, 3.05) is 32.6 Å². The number of phenols is 1. The second-order valence-corrected chi connectivity index (χ2v) is 9.60. The maximum absolute atomic E-state index is 12.2. The standard InChI is InChI=1S/C15H22Cl2N2O4S.C2HF3O2/c1-23-6-7-24(21,22)19-4-2-10(3-5-19)15(18)11-8-12(16)13(17)9-14(11)20;3-2(4,5)1(6)7/h8-10,15,20H,2-7,18H2,1H3;(H,6,7). The highest BCUT2D eigenvalue weighted by Gasteiger charge is 2.38. The van der Waals surface area contributed by atoms with Gasteiger partial charge in [-0.15, -0.1) is 0 Å². The van der Waals surface area contributed by atoms with E-state index in [1.165, 1.54) is 17.5 Å². The van der Waals surface area contributed by atoms with Crippen LogP contribution in [0.3, 0.4) is 0 Å². The average molecular weight is 511 g/mol. The van der Waals surface area contributed by atoms with E-state index in [-0.39, 0.29) is 29.0 Å². The van der Waals surface area contributed by atoms with Crippen LogP contribution in [0.5, 0.6) is 5.75 Å². The third-order valence-electron chi connectivity index (χ3n) is 4.62. The lowest BCUT2D eigenvalue weighted by Gasteiger charge is -2.34. The van der Waals surface area contributed by atoms with Crippen molar-refractivity contribution in [2.24, 2.45) is 11.7 Å². The summed E-state index contributed by atoms with van der Waals surface area (Å²) in [7, 11) is -1.82. The zero-order valence-electron chi connectivity index (χ0n) is 16.4. The number of aromatic hydroxyl groups is 1. The number of halogens is 5. The number of carbonyl (C=O) groups is 1. The zero-order valence-corrected chi connectivity index (χ0v) is 18.7. The monoisotopic (exact) mass is 510 g/mol. The topological polar surface area (TPSA) is 130 Å². The SMILES string of the molecule is COCCS(=O)(=O)N1CCC(C(N)c2cc(Cl)c(Cl)cc2O)CC1.O=C(O)C(F)(F)F. The second-order valence-electron chi connectivity index (χ2n) is 6.70. The minimum Gasteiger partial charge on any atom is -0.508 e. The molecule has 1 atom stereocenters. The smallest absolute Gasteiger partial charge is 0.490 e. The molecule has 1 saturated heterocycles. The van der Waals surface area contributed by atoms with Gasteiger partial charge in [0.25, 0.3) is 0 Å². The van der Waals surface area contributed by atoms with Gasteiger partial charge in [0.2, 0.25) is 10.0 Å². The Bertz CT molecular complexity index is 862. The van der Waals surface area contributed by atoms with E-state index in [1.807, 2.05) is 0 Å². The number of rotatable bonds is 6. The summed E-state index contributed by atoms with van der Waals surface area (Å²) in [5.74, 6) is -2.71. The van der Waals surface area contributed by atoms with Gasteiger partial charge in [-0.1, -0.05) is 23.2 Å². The molecule has 14 heteroatoms. The van der Waals surface area contributed by atoms with Crippen molar-refractivity contribution in [1.82, 2.24) is 4.31 Å². The quantitative estimate of drug-likeness (QED) is 0.535. The number of hydrogen-bond acceptors (Lipinski definition) is 6. The molecule has 0 aromatic heterocycles. The molecule has 1 fully saturated rings. The molecular formula is C17H23Cl2F3N2O6S. The first-order valence-corrected chi connectivity index (χ1v) is 11.3. The number of hydrogen-bond donors (Lipinski definition) is 3. The molecule has 1 unspecified atom stereocenters. The summed E-state index contributed by atoms with van der Waals surface area (Å²) in [5, 5.41) is 17.8. The van der Waals surface area contributed by atoms with Crippen LogP contribution < -0.4 is 5.73 Å². The highest BCUT2D eigenvalue weighted by atomic mass is 35.5. The van der Waals surface area contributed by atoms with Gasteiger partial charge >= 0.3 is 12.1 Å². The van der Waals surface area contributed by atoms with Crippen molar-refractivity contribution in [3.05, 3.63) is 27.7 Å². The molecule has 0 aliphatic carbocycles. The number of aliphatic carboxylic acids is 1. The highest BCUT2D eigenvalue weighted by Crippen LogP contribution is 2.38. The van der Waals surface area contributed by atoms with Gasteiger partial charge in [0.15, 0.2) is 0 Å². The fourth-order valence-electron chi connectivity index (χ4n) is 2.90. The fraction of sp³-hybridized carbons (Fsp3) is 0.588. The molecule has 0 amide bonds. The van der Waals surface area contributed by atoms with Gasteiger partial charge in [0.1, 0.15) is 5.75 Å². The Morgan fingerprint density at radius 1 is 1.29 bits per heavy atom. The molecule has 178 valence electrons. The maximum Gasteiger partial charge on any atom is 0.490 e. The van der Waals surface area contributed by atoms with Gasteiger partial charge in [-0.3, -0.25) is 0 Å². The van der Waals surface area contributed by atoms with Crippen LogP contribution in [0.2, 0.25) is 10.0 Å². The largest absolute Gasteiger partial charge is 0.508 e. The van der Waals surface area contributed by atoms with Crippen LogP contribution in [0.1, 0.15) is 24.4 Å². The van der Waals surface area contributed by atoms with E-state index in [2.05, 4.69) is 0 Å². The Balaban J connectivity index is 0.000000592. The summed E-state index contributed by atoms with van der Waals surface area (Å²) in [6.45, 7) is 0.998. The Morgan fingerprint density at radius 2 is 1.77 bits per heavy atom. The number of ether oxygens (including phenoxy) is 1. The van der Waals surface area contributed by atoms with Gasteiger partial charge in [-0.25, -0.2) is 17.5 Å². The average Bonchev–Trinajstić information content (AvgIpc) is 2.68. The number of methoxy groups -OCH3 is 1. The number of sulfonamides is 1. The van der Waals surface area contributed by atoms with E-state index < -0.39 is 28.2 Å². The number of benzene rings is 1. The Labute approximate surface area is 187 Å². The Hall–Kier alpha value is -1.31. The first kappa shape index (κ1) is 27.7. The van der Waals surface area contributed by atoms with E-state index in [4.69, 9.17) is 43.6 Å². The summed E-state index contributed by atoms with van der Waals surface area (Å²) < 4.78 is 62.4. The summed E-state index contributed by atoms with van der Waals surface area (Å²) in [6.07, 6.45) is -3.85. The van der Waals surface area contributed by atoms with Crippen LogP contribution in [0, 0.1) is 5.92 Å². The molecule has 1 aromatic rings. The first-order chi connectivity index (χ1) is 14.2. The van der Waals surface area contributed by atoms with Gasteiger partial charge < -0.3 is 20.7 Å². The van der Waals surface area contributed by atoms with Crippen molar-refractivity contribution in [1.29, 1.82) is 0 Å².